The van der Waals surface area contributed by atoms with Crippen molar-refractivity contribution < 1.29 is 9.90 Å². The molecule has 1 aromatic rings. The molecule has 0 aliphatic heterocycles. The number of carboxylic acids is 1. The van der Waals surface area contributed by atoms with E-state index in [1.165, 1.54) is 0 Å². The number of hydrogen-bond donors (Lipinski definition) is 2. The number of rotatable bonds is 4. The maximum Gasteiger partial charge on any atom is 0.306 e. The summed E-state index contributed by atoms with van der Waals surface area (Å²) in [5.74, 6) is -0.854. The van der Waals surface area contributed by atoms with Gasteiger partial charge in [-0.05, 0) is 56.4 Å². The van der Waals surface area contributed by atoms with Crippen molar-refractivity contribution in [1.82, 2.24) is 5.32 Å². The zero-order chi connectivity index (χ0) is 14.7. The highest BCUT2D eigenvalue weighted by Crippen LogP contribution is 2.29. The second kappa shape index (κ2) is 6.79. The number of carboxylic acid groups (broad SMARTS) is 1. The van der Waals surface area contributed by atoms with Gasteiger partial charge in [0.15, 0.2) is 0 Å². The Balaban J connectivity index is 1.94. The van der Waals surface area contributed by atoms with Gasteiger partial charge >= 0.3 is 5.97 Å². The van der Waals surface area contributed by atoms with E-state index < -0.39 is 5.97 Å². The fourth-order valence-electron chi connectivity index (χ4n) is 2.80. The Morgan fingerprint density at radius 2 is 1.95 bits per heavy atom. The van der Waals surface area contributed by atoms with Gasteiger partial charge in [-0.2, -0.15) is 0 Å². The quantitative estimate of drug-likeness (QED) is 0.871. The van der Waals surface area contributed by atoms with Crippen LogP contribution in [0.4, 0.5) is 0 Å². The van der Waals surface area contributed by atoms with Crippen LogP contribution in [0.1, 0.15) is 44.2 Å². The lowest BCUT2D eigenvalue weighted by Gasteiger charge is -2.30. The standard InChI is InChI=1S/C15H19Cl2NO2/c1-9(13-8-11(16)4-7-14(13)17)18-12-5-2-10(3-6-12)15(19)20/h4,7-10,12,18H,2-3,5-6H2,1H3,(H,19,20). The second-order valence-corrected chi connectivity index (χ2v) is 6.28. The molecule has 5 heteroatoms. The van der Waals surface area contributed by atoms with E-state index in [9.17, 15) is 4.79 Å². The highest BCUT2D eigenvalue weighted by atomic mass is 35.5. The van der Waals surface area contributed by atoms with Crippen molar-refractivity contribution >= 4 is 29.2 Å². The van der Waals surface area contributed by atoms with Gasteiger partial charge in [0.2, 0.25) is 0 Å². The molecule has 1 aliphatic rings. The first-order chi connectivity index (χ1) is 9.47. The molecule has 0 radical (unpaired) electrons. The molecule has 20 heavy (non-hydrogen) atoms. The molecule has 110 valence electrons. The molecule has 2 N–H and O–H groups in total. The largest absolute Gasteiger partial charge is 0.481 e. The van der Waals surface area contributed by atoms with Gasteiger partial charge in [-0.15, -0.1) is 0 Å². The Morgan fingerprint density at radius 3 is 2.55 bits per heavy atom. The van der Waals surface area contributed by atoms with E-state index in [1.54, 1.807) is 12.1 Å². The zero-order valence-corrected chi connectivity index (χ0v) is 12.9. The molecular formula is C15H19Cl2NO2. The van der Waals surface area contributed by atoms with Crippen LogP contribution in [0.3, 0.4) is 0 Å². The van der Waals surface area contributed by atoms with Crippen molar-refractivity contribution in [2.45, 2.75) is 44.7 Å². The predicted octanol–water partition coefficient (Wildman–Crippen LogP) is 4.29. The summed E-state index contributed by atoms with van der Waals surface area (Å²) in [5, 5.41) is 13.9. The molecule has 0 heterocycles. The minimum Gasteiger partial charge on any atom is -0.481 e. The molecule has 0 saturated heterocycles. The lowest BCUT2D eigenvalue weighted by atomic mass is 9.85. The maximum atomic E-state index is 10.9. The molecule has 3 nitrogen and oxygen atoms in total. The first-order valence-corrected chi connectivity index (χ1v) is 7.66. The van der Waals surface area contributed by atoms with E-state index in [2.05, 4.69) is 12.2 Å². The van der Waals surface area contributed by atoms with Crippen LogP contribution in [0, 0.1) is 5.92 Å². The number of nitrogens with one attached hydrogen (secondary N) is 1. The molecule has 0 amide bonds. The summed E-state index contributed by atoms with van der Waals surface area (Å²) in [6.07, 6.45) is 3.25. The first kappa shape index (κ1) is 15.6. The SMILES string of the molecule is CC(NC1CCC(C(=O)O)CC1)c1cc(Cl)ccc1Cl. The Kier molecular flexibility index (Phi) is 5.30. The van der Waals surface area contributed by atoms with Crippen molar-refractivity contribution in [3.05, 3.63) is 33.8 Å². The van der Waals surface area contributed by atoms with Crippen LogP contribution in [0.15, 0.2) is 18.2 Å². The van der Waals surface area contributed by atoms with Crippen LogP contribution < -0.4 is 5.32 Å². The molecule has 0 aromatic heterocycles. The number of halogens is 2. The monoisotopic (exact) mass is 315 g/mol. The number of benzene rings is 1. The van der Waals surface area contributed by atoms with Crippen molar-refractivity contribution in [3.8, 4) is 0 Å². The second-order valence-electron chi connectivity index (χ2n) is 5.44. The van der Waals surface area contributed by atoms with Crippen LogP contribution >= 0.6 is 23.2 Å². The summed E-state index contributed by atoms with van der Waals surface area (Å²) >= 11 is 12.2. The van der Waals surface area contributed by atoms with Crippen LogP contribution in [0.25, 0.3) is 0 Å². The molecule has 1 aromatic carbocycles. The van der Waals surface area contributed by atoms with Crippen molar-refractivity contribution in [1.29, 1.82) is 0 Å². The van der Waals surface area contributed by atoms with E-state index in [4.69, 9.17) is 28.3 Å². The van der Waals surface area contributed by atoms with E-state index in [0.29, 0.717) is 16.1 Å². The zero-order valence-electron chi connectivity index (χ0n) is 11.4. The van der Waals surface area contributed by atoms with Gasteiger partial charge in [0.1, 0.15) is 0 Å². The highest BCUT2D eigenvalue weighted by Gasteiger charge is 2.26. The van der Waals surface area contributed by atoms with Gasteiger partial charge in [-0.1, -0.05) is 23.2 Å². The van der Waals surface area contributed by atoms with Gasteiger partial charge < -0.3 is 10.4 Å². The molecular weight excluding hydrogens is 297 g/mol. The van der Waals surface area contributed by atoms with Crippen LogP contribution in [-0.2, 0) is 4.79 Å². The lowest BCUT2D eigenvalue weighted by Crippen LogP contribution is -2.36. The average Bonchev–Trinajstić information content (AvgIpc) is 2.42. The molecule has 1 aliphatic carbocycles. The van der Waals surface area contributed by atoms with Gasteiger partial charge in [0.25, 0.3) is 0 Å². The number of carbonyl (C=O) groups is 1. The van der Waals surface area contributed by atoms with Gasteiger partial charge in [0.05, 0.1) is 5.92 Å². The van der Waals surface area contributed by atoms with Gasteiger partial charge in [-0.25, -0.2) is 0 Å². The minimum absolute atomic E-state index is 0.104. The summed E-state index contributed by atoms with van der Waals surface area (Å²) in [6, 6.07) is 5.91. The van der Waals surface area contributed by atoms with Crippen LogP contribution in [0.5, 0.6) is 0 Å². The Morgan fingerprint density at radius 1 is 1.30 bits per heavy atom. The molecule has 0 bridgehead atoms. The van der Waals surface area contributed by atoms with Crippen molar-refractivity contribution in [3.63, 3.8) is 0 Å². The highest BCUT2D eigenvalue weighted by molar-refractivity contribution is 6.33. The predicted molar refractivity (Wildman–Crippen MR) is 81.4 cm³/mol. The molecule has 1 fully saturated rings. The van der Waals surface area contributed by atoms with E-state index in [0.717, 1.165) is 31.2 Å². The summed E-state index contributed by atoms with van der Waals surface area (Å²) in [6.45, 7) is 2.06. The summed E-state index contributed by atoms with van der Waals surface area (Å²) in [7, 11) is 0. The van der Waals surface area contributed by atoms with Gasteiger partial charge in [0, 0.05) is 22.1 Å². The Bertz CT molecular complexity index is 485. The van der Waals surface area contributed by atoms with Crippen LogP contribution in [0.2, 0.25) is 10.0 Å². The van der Waals surface area contributed by atoms with E-state index in [-0.39, 0.29) is 12.0 Å². The topological polar surface area (TPSA) is 49.3 Å². The summed E-state index contributed by atoms with van der Waals surface area (Å²) in [5.41, 5.74) is 0.986. The average molecular weight is 316 g/mol. The smallest absolute Gasteiger partial charge is 0.306 e. The molecule has 1 atom stereocenters. The lowest BCUT2D eigenvalue weighted by molar-refractivity contribution is -0.142. The van der Waals surface area contributed by atoms with Crippen molar-refractivity contribution in [2.75, 3.05) is 0 Å². The fraction of sp³-hybridized carbons (Fsp3) is 0.533. The third kappa shape index (κ3) is 3.87. The Labute approximate surface area is 129 Å². The van der Waals surface area contributed by atoms with Gasteiger partial charge in [-0.3, -0.25) is 4.79 Å². The third-order valence-electron chi connectivity index (χ3n) is 3.99. The van der Waals surface area contributed by atoms with E-state index >= 15 is 0 Å². The molecule has 2 rings (SSSR count). The summed E-state index contributed by atoms with van der Waals surface area (Å²) < 4.78 is 0. The van der Waals surface area contributed by atoms with E-state index in [1.807, 2.05) is 6.07 Å². The maximum absolute atomic E-state index is 10.9. The van der Waals surface area contributed by atoms with Crippen molar-refractivity contribution in [2.24, 2.45) is 5.92 Å². The van der Waals surface area contributed by atoms with Crippen LogP contribution in [-0.4, -0.2) is 17.1 Å². The third-order valence-corrected chi connectivity index (χ3v) is 4.57. The molecule has 1 unspecified atom stereocenters. The molecule has 1 saturated carbocycles. The summed E-state index contributed by atoms with van der Waals surface area (Å²) in [4.78, 5) is 10.9. The fourth-order valence-corrected chi connectivity index (χ4v) is 3.26. The first-order valence-electron chi connectivity index (χ1n) is 6.91. The minimum atomic E-state index is -0.672. The number of hydrogen-bond acceptors (Lipinski definition) is 2. The Hall–Kier alpha value is -0.770. The molecule has 0 spiro atoms. The number of aliphatic carboxylic acids is 1. The normalized spacial score (nSPS) is 24.4.